The lowest BCUT2D eigenvalue weighted by atomic mass is 10.3. The zero-order chi connectivity index (χ0) is 18.6. The summed E-state index contributed by atoms with van der Waals surface area (Å²) in [5.41, 5.74) is 0. The summed E-state index contributed by atoms with van der Waals surface area (Å²) in [6.45, 7) is 8.29. The molecule has 0 aromatic carbocycles. The summed E-state index contributed by atoms with van der Waals surface area (Å²) in [6, 6.07) is 3.93. The number of fused-ring (bicyclic) bond motifs is 1. The first-order valence-electron chi connectivity index (χ1n) is 9.48. The molecule has 27 heavy (non-hydrogen) atoms. The molecule has 0 spiro atoms. The fourth-order valence-corrected chi connectivity index (χ4v) is 4.10. The van der Waals surface area contributed by atoms with Gasteiger partial charge in [-0.15, -0.1) is 11.3 Å². The molecular formula is C19H24N6OS. The summed E-state index contributed by atoms with van der Waals surface area (Å²) in [6.07, 6.45) is 3.64. The van der Waals surface area contributed by atoms with Gasteiger partial charge in [-0.3, -0.25) is 0 Å². The van der Waals surface area contributed by atoms with E-state index in [1.165, 1.54) is 0 Å². The predicted molar refractivity (Wildman–Crippen MR) is 109 cm³/mol. The first kappa shape index (κ1) is 17.9. The normalized spacial score (nSPS) is 15.2. The van der Waals surface area contributed by atoms with Crippen molar-refractivity contribution in [2.75, 3.05) is 42.6 Å². The van der Waals surface area contributed by atoms with Crippen molar-refractivity contribution in [1.29, 1.82) is 0 Å². The second kappa shape index (κ2) is 8.04. The number of nitrogens with zero attached hydrogens (tertiary/aromatic N) is 6. The van der Waals surface area contributed by atoms with Crippen LogP contribution in [0.15, 0.2) is 23.7 Å². The van der Waals surface area contributed by atoms with Crippen molar-refractivity contribution >= 4 is 33.3 Å². The van der Waals surface area contributed by atoms with Crippen LogP contribution < -0.4 is 14.5 Å². The fourth-order valence-electron chi connectivity index (χ4n) is 3.32. The van der Waals surface area contributed by atoms with Crippen LogP contribution in [-0.2, 0) is 6.42 Å². The van der Waals surface area contributed by atoms with Crippen molar-refractivity contribution in [3.05, 3.63) is 29.5 Å². The molecule has 1 aliphatic heterocycles. The van der Waals surface area contributed by atoms with Gasteiger partial charge >= 0.3 is 0 Å². The van der Waals surface area contributed by atoms with Crippen LogP contribution in [0.5, 0.6) is 5.88 Å². The van der Waals surface area contributed by atoms with Crippen molar-refractivity contribution in [2.24, 2.45) is 0 Å². The maximum absolute atomic E-state index is 5.52. The van der Waals surface area contributed by atoms with E-state index in [1.54, 1.807) is 23.6 Å². The molecule has 0 unspecified atom stereocenters. The highest BCUT2D eigenvalue weighted by Gasteiger charge is 2.21. The van der Waals surface area contributed by atoms with Crippen LogP contribution in [0.4, 0.5) is 11.8 Å². The van der Waals surface area contributed by atoms with Crippen molar-refractivity contribution < 1.29 is 4.74 Å². The van der Waals surface area contributed by atoms with Gasteiger partial charge in [-0.1, -0.05) is 6.92 Å². The lowest BCUT2D eigenvalue weighted by molar-refractivity contribution is 0.326. The Morgan fingerprint density at radius 3 is 2.74 bits per heavy atom. The lowest BCUT2D eigenvalue weighted by Gasteiger charge is -2.23. The molecule has 0 saturated carbocycles. The summed E-state index contributed by atoms with van der Waals surface area (Å²) in [5, 5.41) is 3.25. The molecule has 8 heteroatoms. The summed E-state index contributed by atoms with van der Waals surface area (Å²) >= 11 is 1.68. The van der Waals surface area contributed by atoms with Crippen LogP contribution >= 0.6 is 11.3 Å². The highest BCUT2D eigenvalue weighted by Crippen LogP contribution is 2.29. The minimum Gasteiger partial charge on any atom is -0.478 e. The number of ether oxygens (including phenoxy) is 1. The van der Waals surface area contributed by atoms with E-state index in [1.807, 2.05) is 6.92 Å². The lowest BCUT2D eigenvalue weighted by Crippen LogP contribution is -2.32. The van der Waals surface area contributed by atoms with Crippen LogP contribution in [0.3, 0.4) is 0 Å². The molecule has 1 aliphatic rings. The Morgan fingerprint density at radius 1 is 1.04 bits per heavy atom. The number of aryl methyl sites for hydroxylation is 1. The van der Waals surface area contributed by atoms with Crippen molar-refractivity contribution in [3.63, 3.8) is 0 Å². The molecule has 0 amide bonds. The van der Waals surface area contributed by atoms with Crippen molar-refractivity contribution in [1.82, 2.24) is 19.9 Å². The van der Waals surface area contributed by atoms with E-state index < -0.39 is 0 Å². The van der Waals surface area contributed by atoms with E-state index in [0.717, 1.165) is 66.8 Å². The van der Waals surface area contributed by atoms with Crippen LogP contribution in [-0.4, -0.2) is 52.7 Å². The van der Waals surface area contributed by atoms with Gasteiger partial charge in [0.15, 0.2) is 0 Å². The van der Waals surface area contributed by atoms with E-state index in [2.05, 4.69) is 43.1 Å². The first-order chi connectivity index (χ1) is 13.3. The SMILES string of the molecule is CCOc1ccnc(N2CCCN(c3nc(CC)nc4sccc34)CC2)n1. The third-order valence-corrected chi connectivity index (χ3v) is 5.46. The second-order valence-electron chi connectivity index (χ2n) is 6.41. The van der Waals surface area contributed by atoms with E-state index in [-0.39, 0.29) is 0 Å². The van der Waals surface area contributed by atoms with Gasteiger partial charge < -0.3 is 14.5 Å². The molecule has 142 valence electrons. The van der Waals surface area contributed by atoms with Crippen LogP contribution in [0.1, 0.15) is 26.1 Å². The second-order valence-corrected chi connectivity index (χ2v) is 7.31. The van der Waals surface area contributed by atoms with Gasteiger partial charge in [-0.25, -0.2) is 15.0 Å². The zero-order valence-corrected chi connectivity index (χ0v) is 16.6. The number of rotatable bonds is 5. The molecule has 3 aromatic heterocycles. The standard InChI is InChI=1S/C19H24N6OS/c1-3-15-21-17(14-7-13-27-18(14)22-15)24-9-5-10-25(12-11-24)19-20-8-6-16(23-19)26-4-2/h6-8,13H,3-5,9-12H2,1-2H3. The third-order valence-electron chi connectivity index (χ3n) is 4.66. The predicted octanol–water partition coefficient (Wildman–Crippen LogP) is 3.16. The minimum atomic E-state index is 0.606. The monoisotopic (exact) mass is 384 g/mol. The largest absolute Gasteiger partial charge is 0.478 e. The van der Waals surface area contributed by atoms with Gasteiger partial charge in [-0.2, -0.15) is 4.98 Å². The fraction of sp³-hybridized carbons (Fsp3) is 0.474. The molecule has 3 aromatic rings. The average molecular weight is 385 g/mol. The van der Waals surface area contributed by atoms with Gasteiger partial charge in [-0.05, 0) is 24.8 Å². The van der Waals surface area contributed by atoms with Gasteiger partial charge in [0.05, 0.1) is 12.0 Å². The van der Waals surface area contributed by atoms with Crippen LogP contribution in [0, 0.1) is 0 Å². The first-order valence-corrected chi connectivity index (χ1v) is 10.4. The maximum Gasteiger partial charge on any atom is 0.228 e. The molecule has 1 saturated heterocycles. The highest BCUT2D eigenvalue weighted by molar-refractivity contribution is 7.16. The molecule has 4 rings (SSSR count). The van der Waals surface area contributed by atoms with E-state index in [9.17, 15) is 0 Å². The quantitative estimate of drug-likeness (QED) is 0.669. The Hall–Kier alpha value is -2.48. The van der Waals surface area contributed by atoms with Crippen molar-refractivity contribution in [3.8, 4) is 5.88 Å². The Labute approximate surface area is 163 Å². The third kappa shape index (κ3) is 3.80. The Bertz CT molecular complexity index is 914. The van der Waals surface area contributed by atoms with Gasteiger partial charge in [0, 0.05) is 44.9 Å². The van der Waals surface area contributed by atoms with E-state index in [4.69, 9.17) is 9.72 Å². The molecule has 0 atom stereocenters. The Balaban J connectivity index is 1.55. The van der Waals surface area contributed by atoms with Gasteiger partial charge in [0.1, 0.15) is 16.5 Å². The number of thiophene rings is 1. The molecule has 0 bridgehead atoms. The maximum atomic E-state index is 5.52. The number of hydrogen-bond donors (Lipinski definition) is 0. The molecule has 0 N–H and O–H groups in total. The van der Waals surface area contributed by atoms with Crippen molar-refractivity contribution in [2.45, 2.75) is 26.7 Å². The zero-order valence-electron chi connectivity index (χ0n) is 15.8. The molecule has 0 radical (unpaired) electrons. The highest BCUT2D eigenvalue weighted by atomic mass is 32.1. The van der Waals surface area contributed by atoms with Crippen LogP contribution in [0.25, 0.3) is 10.2 Å². The van der Waals surface area contributed by atoms with E-state index >= 15 is 0 Å². The molecule has 0 aliphatic carbocycles. The minimum absolute atomic E-state index is 0.606. The number of hydrogen-bond acceptors (Lipinski definition) is 8. The molecule has 7 nitrogen and oxygen atoms in total. The number of aromatic nitrogens is 4. The molecule has 1 fully saturated rings. The summed E-state index contributed by atoms with van der Waals surface area (Å²) < 4.78 is 5.52. The summed E-state index contributed by atoms with van der Waals surface area (Å²) in [7, 11) is 0. The Morgan fingerprint density at radius 2 is 1.89 bits per heavy atom. The number of anilines is 2. The molecule has 4 heterocycles. The van der Waals surface area contributed by atoms with E-state index in [0.29, 0.717) is 12.5 Å². The summed E-state index contributed by atoms with van der Waals surface area (Å²) in [5.74, 6) is 3.34. The molecular weight excluding hydrogens is 360 g/mol. The van der Waals surface area contributed by atoms with Crippen LogP contribution in [0.2, 0.25) is 0 Å². The average Bonchev–Trinajstić information content (AvgIpc) is 3.03. The van der Waals surface area contributed by atoms with Gasteiger partial charge in [0.25, 0.3) is 0 Å². The topological polar surface area (TPSA) is 67.3 Å². The Kier molecular flexibility index (Phi) is 5.33. The smallest absolute Gasteiger partial charge is 0.228 e. The van der Waals surface area contributed by atoms with Gasteiger partial charge in [0.2, 0.25) is 11.8 Å². The summed E-state index contributed by atoms with van der Waals surface area (Å²) in [4.78, 5) is 24.2.